The number of aliphatic hydroxyl groups is 2. The standard InChI is InChI=1S/C45H34O4S2/c46-19-21-48-35-17-13-29-25-33(15-11-31(29)27-35)45(34-16-12-32-28-36(49-22-20-47)18-14-30(32)26-34)43-37(5-1-7-39(43)41-9-3-23-50-41)38-6-2-8-40(44(38)45)42-10-4-24-51-42/h1-18,23-28,46-47H,19-22H2. The van der Waals surface area contributed by atoms with E-state index < -0.39 is 5.41 Å². The van der Waals surface area contributed by atoms with Gasteiger partial charge in [-0.15, -0.1) is 22.7 Å². The van der Waals surface area contributed by atoms with E-state index in [1.165, 1.54) is 54.3 Å². The average Bonchev–Trinajstić information content (AvgIpc) is 3.97. The second kappa shape index (κ2) is 13.1. The maximum atomic E-state index is 9.35. The Morgan fingerprint density at radius 3 is 1.31 bits per heavy atom. The molecule has 0 amide bonds. The number of ether oxygens (including phenoxy) is 2. The fourth-order valence-electron chi connectivity index (χ4n) is 7.93. The number of rotatable bonds is 10. The molecule has 0 spiro atoms. The Balaban J connectivity index is 1.39. The first-order valence-electron chi connectivity index (χ1n) is 17.1. The lowest BCUT2D eigenvalue weighted by Gasteiger charge is -2.36. The Kier molecular flexibility index (Phi) is 8.17. The van der Waals surface area contributed by atoms with E-state index in [1.54, 1.807) is 22.7 Å². The predicted molar refractivity (Wildman–Crippen MR) is 211 cm³/mol. The summed E-state index contributed by atoms with van der Waals surface area (Å²) in [6, 6.07) is 48.4. The second-order valence-electron chi connectivity index (χ2n) is 12.8. The molecule has 0 atom stereocenters. The molecule has 9 rings (SSSR count). The van der Waals surface area contributed by atoms with Gasteiger partial charge in [0, 0.05) is 9.75 Å². The minimum atomic E-state index is -0.674. The van der Waals surface area contributed by atoms with E-state index in [2.05, 4.69) is 132 Å². The van der Waals surface area contributed by atoms with Crippen molar-refractivity contribution in [3.8, 4) is 43.5 Å². The van der Waals surface area contributed by atoms with Crippen molar-refractivity contribution >= 4 is 44.2 Å². The van der Waals surface area contributed by atoms with Crippen molar-refractivity contribution in [2.75, 3.05) is 26.4 Å². The normalized spacial score (nSPS) is 13.0. The highest BCUT2D eigenvalue weighted by Gasteiger charge is 2.49. The Morgan fingerprint density at radius 1 is 0.451 bits per heavy atom. The van der Waals surface area contributed by atoms with Crippen LogP contribution < -0.4 is 9.47 Å². The summed E-state index contributed by atoms with van der Waals surface area (Å²) in [5.74, 6) is 1.49. The third-order valence-corrected chi connectivity index (χ3v) is 11.8. The molecule has 0 saturated carbocycles. The zero-order valence-corrected chi connectivity index (χ0v) is 29.3. The molecule has 1 aliphatic carbocycles. The van der Waals surface area contributed by atoms with Crippen LogP contribution in [0.1, 0.15) is 22.3 Å². The van der Waals surface area contributed by atoms with Crippen LogP contribution in [0.3, 0.4) is 0 Å². The maximum Gasteiger partial charge on any atom is 0.120 e. The molecule has 0 bridgehead atoms. The molecule has 4 nitrogen and oxygen atoms in total. The lowest BCUT2D eigenvalue weighted by atomic mass is 9.65. The number of benzene rings is 6. The predicted octanol–water partition coefficient (Wildman–Crippen LogP) is 10.6. The summed E-state index contributed by atoms with van der Waals surface area (Å²) in [4.78, 5) is 2.47. The van der Waals surface area contributed by atoms with Crippen molar-refractivity contribution in [3.05, 3.63) is 166 Å². The molecule has 1 aliphatic rings. The van der Waals surface area contributed by atoms with E-state index in [4.69, 9.17) is 9.47 Å². The largest absolute Gasteiger partial charge is 0.491 e. The van der Waals surface area contributed by atoms with Crippen molar-refractivity contribution in [2.24, 2.45) is 0 Å². The lowest BCUT2D eigenvalue weighted by Crippen LogP contribution is -2.30. The topological polar surface area (TPSA) is 58.9 Å². The van der Waals surface area contributed by atoms with Crippen molar-refractivity contribution < 1.29 is 19.7 Å². The maximum absolute atomic E-state index is 9.35. The fraction of sp³-hybridized carbons (Fsp3) is 0.111. The number of hydrogen-bond acceptors (Lipinski definition) is 6. The second-order valence-corrected chi connectivity index (χ2v) is 14.6. The SMILES string of the molecule is OCCOc1ccc2cc(C3(c4ccc5cc(OCCO)ccc5c4)c4c(-c5cccs5)cccc4-c4cccc(-c5cccs5)c43)ccc2c1. The van der Waals surface area contributed by atoms with Crippen LogP contribution in [0.2, 0.25) is 0 Å². The Hall–Kier alpha value is -5.24. The van der Waals surface area contributed by atoms with Gasteiger partial charge in [-0.05, 0) is 125 Å². The van der Waals surface area contributed by atoms with Gasteiger partial charge < -0.3 is 19.7 Å². The van der Waals surface area contributed by atoms with Gasteiger partial charge in [0.2, 0.25) is 0 Å². The molecule has 2 N–H and O–H groups in total. The van der Waals surface area contributed by atoms with E-state index in [0.717, 1.165) is 33.0 Å². The van der Waals surface area contributed by atoms with E-state index >= 15 is 0 Å². The molecule has 2 aromatic heterocycles. The van der Waals surface area contributed by atoms with Gasteiger partial charge in [-0.3, -0.25) is 0 Å². The number of aliphatic hydroxyl groups excluding tert-OH is 2. The molecule has 8 aromatic rings. The summed E-state index contributed by atoms with van der Waals surface area (Å²) in [5.41, 5.74) is 9.24. The zero-order valence-electron chi connectivity index (χ0n) is 27.7. The van der Waals surface area contributed by atoms with Crippen LogP contribution in [-0.4, -0.2) is 36.6 Å². The van der Waals surface area contributed by atoms with E-state index in [0.29, 0.717) is 0 Å². The Morgan fingerprint density at radius 2 is 0.882 bits per heavy atom. The van der Waals surface area contributed by atoms with Crippen molar-refractivity contribution in [2.45, 2.75) is 5.41 Å². The monoisotopic (exact) mass is 702 g/mol. The molecule has 250 valence electrons. The molecule has 6 aromatic carbocycles. The van der Waals surface area contributed by atoms with Crippen LogP contribution in [0.5, 0.6) is 11.5 Å². The Bertz CT molecular complexity index is 2340. The van der Waals surface area contributed by atoms with Crippen molar-refractivity contribution in [1.82, 2.24) is 0 Å². The van der Waals surface area contributed by atoms with E-state index in [-0.39, 0.29) is 26.4 Å². The molecule has 0 fully saturated rings. The van der Waals surface area contributed by atoms with E-state index in [1.807, 2.05) is 12.1 Å². The minimum absolute atomic E-state index is 0.0276. The van der Waals surface area contributed by atoms with E-state index in [9.17, 15) is 10.2 Å². The molecular formula is C45H34O4S2. The van der Waals surface area contributed by atoms with Crippen molar-refractivity contribution in [3.63, 3.8) is 0 Å². The minimum Gasteiger partial charge on any atom is -0.491 e. The molecule has 0 unspecified atom stereocenters. The van der Waals surface area contributed by atoms with Gasteiger partial charge in [0.15, 0.2) is 0 Å². The van der Waals surface area contributed by atoms with Crippen LogP contribution in [0.25, 0.3) is 53.6 Å². The summed E-state index contributed by atoms with van der Waals surface area (Å²) < 4.78 is 11.6. The molecule has 0 saturated heterocycles. The first kappa shape index (κ1) is 31.7. The number of hydrogen-bond donors (Lipinski definition) is 2. The molecular weight excluding hydrogens is 669 g/mol. The average molecular weight is 703 g/mol. The van der Waals surface area contributed by atoms with Crippen molar-refractivity contribution in [1.29, 1.82) is 0 Å². The van der Waals surface area contributed by atoms with Crippen LogP contribution in [0, 0.1) is 0 Å². The molecule has 6 heteroatoms. The summed E-state index contributed by atoms with van der Waals surface area (Å²) in [5, 5.41) is 27.4. The highest BCUT2D eigenvalue weighted by Crippen LogP contribution is 2.61. The van der Waals surface area contributed by atoms with Gasteiger partial charge in [-0.25, -0.2) is 0 Å². The lowest BCUT2D eigenvalue weighted by molar-refractivity contribution is 0.201. The molecule has 0 radical (unpaired) electrons. The fourth-order valence-corrected chi connectivity index (χ4v) is 9.44. The van der Waals surface area contributed by atoms with Gasteiger partial charge in [0.1, 0.15) is 24.7 Å². The molecule has 51 heavy (non-hydrogen) atoms. The van der Waals surface area contributed by atoms with Crippen LogP contribution in [-0.2, 0) is 5.41 Å². The first-order chi connectivity index (χ1) is 25.2. The highest BCUT2D eigenvalue weighted by atomic mass is 32.1. The summed E-state index contributed by atoms with van der Waals surface area (Å²) in [6.07, 6.45) is 0. The van der Waals surface area contributed by atoms with Crippen LogP contribution in [0.15, 0.2) is 144 Å². The number of fused-ring (bicyclic) bond motifs is 5. The first-order valence-corrected chi connectivity index (χ1v) is 18.9. The van der Waals surface area contributed by atoms with Crippen LogP contribution >= 0.6 is 22.7 Å². The van der Waals surface area contributed by atoms with Gasteiger partial charge in [-0.1, -0.05) is 84.9 Å². The number of thiophene rings is 2. The van der Waals surface area contributed by atoms with Gasteiger partial charge in [-0.2, -0.15) is 0 Å². The molecule has 2 heterocycles. The smallest absolute Gasteiger partial charge is 0.120 e. The summed E-state index contributed by atoms with van der Waals surface area (Å²) in [7, 11) is 0. The summed E-state index contributed by atoms with van der Waals surface area (Å²) in [6.45, 7) is 0.461. The third-order valence-electron chi connectivity index (χ3n) is 9.95. The molecule has 0 aliphatic heterocycles. The van der Waals surface area contributed by atoms with Gasteiger partial charge >= 0.3 is 0 Å². The Labute approximate surface area is 304 Å². The summed E-state index contributed by atoms with van der Waals surface area (Å²) >= 11 is 3.55. The van der Waals surface area contributed by atoms with Gasteiger partial charge in [0.25, 0.3) is 0 Å². The van der Waals surface area contributed by atoms with Crippen LogP contribution in [0.4, 0.5) is 0 Å². The quantitative estimate of drug-likeness (QED) is 0.149. The van der Waals surface area contributed by atoms with Gasteiger partial charge in [0.05, 0.1) is 18.6 Å². The third kappa shape index (κ3) is 5.26. The zero-order chi connectivity index (χ0) is 34.4. The highest BCUT2D eigenvalue weighted by molar-refractivity contribution is 7.13.